The van der Waals surface area contributed by atoms with Crippen molar-refractivity contribution in [2.75, 3.05) is 19.6 Å². The van der Waals surface area contributed by atoms with Gasteiger partial charge < -0.3 is 14.3 Å². The zero-order valence-electron chi connectivity index (χ0n) is 12.4. The Morgan fingerprint density at radius 1 is 1.36 bits per heavy atom. The van der Waals surface area contributed by atoms with Crippen molar-refractivity contribution >= 4 is 22.7 Å². The number of nitrogens with zero attached hydrogens (tertiary/aromatic N) is 3. The fourth-order valence-electron chi connectivity index (χ4n) is 2.76. The van der Waals surface area contributed by atoms with Crippen LogP contribution < -0.4 is 0 Å². The van der Waals surface area contributed by atoms with Crippen molar-refractivity contribution in [1.29, 1.82) is 0 Å². The van der Waals surface area contributed by atoms with Gasteiger partial charge in [-0.3, -0.25) is 9.59 Å². The normalized spacial score (nSPS) is 18.5. The predicted octanol–water partition coefficient (Wildman–Crippen LogP) is 1.69. The monoisotopic (exact) mass is 299 g/mol. The SMILES string of the molecule is C=CC(=O)N1CCN(C(=O)c2onc3ccccc23)[C@@H](C)C1. The first-order valence-electron chi connectivity index (χ1n) is 7.18. The lowest BCUT2D eigenvalue weighted by Gasteiger charge is -2.39. The fraction of sp³-hybridized carbons (Fsp3) is 0.312. The molecule has 0 bridgehead atoms. The molecule has 1 aliphatic heterocycles. The van der Waals surface area contributed by atoms with E-state index >= 15 is 0 Å². The van der Waals surface area contributed by atoms with Gasteiger partial charge in [0.25, 0.3) is 5.91 Å². The molecule has 0 N–H and O–H groups in total. The summed E-state index contributed by atoms with van der Waals surface area (Å²) in [5, 5.41) is 4.63. The van der Waals surface area contributed by atoms with Crippen LogP contribution in [0.25, 0.3) is 10.9 Å². The van der Waals surface area contributed by atoms with Gasteiger partial charge in [0.15, 0.2) is 0 Å². The Kier molecular flexibility index (Phi) is 3.66. The van der Waals surface area contributed by atoms with Crippen molar-refractivity contribution in [3.63, 3.8) is 0 Å². The van der Waals surface area contributed by atoms with Crippen LogP contribution in [0.3, 0.4) is 0 Å². The third-order valence-electron chi connectivity index (χ3n) is 3.95. The highest BCUT2D eigenvalue weighted by Gasteiger charge is 2.32. The summed E-state index contributed by atoms with van der Waals surface area (Å²) in [5.74, 6) is -0.0399. The summed E-state index contributed by atoms with van der Waals surface area (Å²) < 4.78 is 5.24. The Morgan fingerprint density at radius 3 is 2.86 bits per heavy atom. The van der Waals surface area contributed by atoms with Crippen molar-refractivity contribution in [3.05, 3.63) is 42.7 Å². The third-order valence-corrected chi connectivity index (χ3v) is 3.95. The largest absolute Gasteiger partial charge is 0.350 e. The van der Waals surface area contributed by atoms with Gasteiger partial charge in [0.1, 0.15) is 5.52 Å². The molecule has 2 aromatic rings. The molecule has 0 spiro atoms. The Labute approximate surface area is 128 Å². The average molecular weight is 299 g/mol. The van der Waals surface area contributed by atoms with Crippen molar-refractivity contribution in [2.24, 2.45) is 0 Å². The summed E-state index contributed by atoms with van der Waals surface area (Å²) in [6.45, 7) is 6.86. The number of carbonyl (C=O) groups excluding carboxylic acids is 2. The lowest BCUT2D eigenvalue weighted by Crippen LogP contribution is -2.55. The smallest absolute Gasteiger partial charge is 0.293 e. The minimum atomic E-state index is -0.188. The van der Waals surface area contributed by atoms with Crippen LogP contribution in [0.4, 0.5) is 0 Å². The number of amides is 2. The number of rotatable bonds is 2. The molecular formula is C16H17N3O3. The molecule has 6 nitrogen and oxygen atoms in total. The highest BCUT2D eigenvalue weighted by Crippen LogP contribution is 2.21. The molecule has 1 atom stereocenters. The molecule has 1 aliphatic rings. The van der Waals surface area contributed by atoms with Crippen LogP contribution >= 0.6 is 0 Å². The van der Waals surface area contributed by atoms with Crippen molar-refractivity contribution in [3.8, 4) is 0 Å². The van der Waals surface area contributed by atoms with Gasteiger partial charge >= 0.3 is 0 Å². The molecule has 1 fully saturated rings. The zero-order valence-corrected chi connectivity index (χ0v) is 12.4. The Balaban J connectivity index is 1.81. The highest BCUT2D eigenvalue weighted by molar-refractivity contribution is 6.03. The first-order valence-corrected chi connectivity index (χ1v) is 7.18. The maximum Gasteiger partial charge on any atom is 0.293 e. The highest BCUT2D eigenvalue weighted by atomic mass is 16.5. The van der Waals surface area contributed by atoms with E-state index < -0.39 is 0 Å². The molecule has 6 heteroatoms. The second-order valence-corrected chi connectivity index (χ2v) is 5.36. The van der Waals surface area contributed by atoms with E-state index in [0.717, 1.165) is 0 Å². The number of aromatic nitrogens is 1. The molecule has 2 amide bonds. The molecule has 0 unspecified atom stereocenters. The van der Waals surface area contributed by atoms with E-state index in [1.165, 1.54) is 6.08 Å². The van der Waals surface area contributed by atoms with Crippen LogP contribution in [0.15, 0.2) is 41.4 Å². The van der Waals surface area contributed by atoms with Gasteiger partial charge in [0, 0.05) is 25.7 Å². The van der Waals surface area contributed by atoms with Gasteiger partial charge in [0.05, 0.1) is 5.39 Å². The first kappa shape index (κ1) is 14.3. The number of benzene rings is 1. The number of hydrogen-bond acceptors (Lipinski definition) is 4. The van der Waals surface area contributed by atoms with E-state index in [1.54, 1.807) is 15.9 Å². The molecular weight excluding hydrogens is 282 g/mol. The minimum absolute atomic E-state index is 0.0889. The van der Waals surface area contributed by atoms with Gasteiger partial charge in [-0.1, -0.05) is 23.9 Å². The van der Waals surface area contributed by atoms with Crippen molar-refractivity contribution in [2.45, 2.75) is 13.0 Å². The van der Waals surface area contributed by atoms with Gasteiger partial charge in [-0.2, -0.15) is 0 Å². The van der Waals surface area contributed by atoms with E-state index in [0.29, 0.717) is 30.5 Å². The van der Waals surface area contributed by atoms with E-state index in [9.17, 15) is 9.59 Å². The molecule has 114 valence electrons. The summed E-state index contributed by atoms with van der Waals surface area (Å²) in [6, 6.07) is 7.23. The Hall–Kier alpha value is -2.63. The van der Waals surface area contributed by atoms with Gasteiger partial charge in [0.2, 0.25) is 11.7 Å². The zero-order chi connectivity index (χ0) is 15.7. The maximum atomic E-state index is 12.7. The average Bonchev–Trinajstić information content (AvgIpc) is 2.97. The van der Waals surface area contributed by atoms with Crippen LogP contribution in [-0.2, 0) is 4.79 Å². The van der Waals surface area contributed by atoms with Gasteiger partial charge in [-0.25, -0.2) is 0 Å². The van der Waals surface area contributed by atoms with E-state index in [2.05, 4.69) is 11.7 Å². The molecule has 22 heavy (non-hydrogen) atoms. The van der Waals surface area contributed by atoms with Crippen molar-refractivity contribution < 1.29 is 14.1 Å². The van der Waals surface area contributed by atoms with Crippen LogP contribution in [-0.4, -0.2) is 52.4 Å². The Bertz CT molecular complexity index is 737. The topological polar surface area (TPSA) is 66.7 Å². The number of fused-ring (bicyclic) bond motifs is 1. The van der Waals surface area contributed by atoms with Crippen LogP contribution in [0.2, 0.25) is 0 Å². The minimum Gasteiger partial charge on any atom is -0.350 e. The lowest BCUT2D eigenvalue weighted by molar-refractivity contribution is -0.128. The van der Waals surface area contributed by atoms with E-state index in [1.807, 2.05) is 25.1 Å². The summed E-state index contributed by atoms with van der Waals surface area (Å²) >= 11 is 0. The molecule has 0 saturated carbocycles. The molecule has 1 aromatic heterocycles. The number of hydrogen-bond donors (Lipinski definition) is 0. The summed E-state index contributed by atoms with van der Waals surface area (Å²) in [7, 11) is 0. The van der Waals surface area contributed by atoms with Gasteiger partial charge in [-0.15, -0.1) is 0 Å². The number of carbonyl (C=O) groups is 2. The first-order chi connectivity index (χ1) is 10.6. The predicted molar refractivity (Wildman–Crippen MR) is 81.3 cm³/mol. The number of piperazine rings is 1. The molecule has 3 rings (SSSR count). The van der Waals surface area contributed by atoms with Crippen LogP contribution in [0, 0.1) is 0 Å². The molecule has 1 saturated heterocycles. The van der Waals surface area contributed by atoms with Crippen LogP contribution in [0.1, 0.15) is 17.5 Å². The second kappa shape index (κ2) is 5.63. The van der Waals surface area contributed by atoms with E-state index in [-0.39, 0.29) is 23.6 Å². The maximum absolute atomic E-state index is 12.7. The molecule has 2 heterocycles. The Morgan fingerprint density at radius 2 is 2.14 bits per heavy atom. The quantitative estimate of drug-likeness (QED) is 0.791. The molecule has 1 aromatic carbocycles. The summed E-state index contributed by atoms with van der Waals surface area (Å²) in [6.07, 6.45) is 1.30. The second-order valence-electron chi connectivity index (χ2n) is 5.36. The van der Waals surface area contributed by atoms with Crippen LogP contribution in [0.5, 0.6) is 0 Å². The van der Waals surface area contributed by atoms with Gasteiger partial charge in [-0.05, 0) is 25.1 Å². The molecule has 0 radical (unpaired) electrons. The molecule has 0 aliphatic carbocycles. The van der Waals surface area contributed by atoms with E-state index in [4.69, 9.17) is 4.52 Å². The lowest BCUT2D eigenvalue weighted by atomic mass is 10.1. The standard InChI is InChI=1S/C16H17N3O3/c1-3-14(20)18-8-9-19(11(2)10-18)16(21)15-12-6-4-5-7-13(12)17-22-15/h3-7,11H,1,8-10H2,2H3/t11-/m0/s1. The summed E-state index contributed by atoms with van der Waals surface area (Å²) in [4.78, 5) is 27.8. The van der Waals surface area contributed by atoms with Crippen molar-refractivity contribution in [1.82, 2.24) is 15.0 Å². The summed E-state index contributed by atoms with van der Waals surface area (Å²) in [5.41, 5.74) is 0.666. The third kappa shape index (κ3) is 2.36. The fourth-order valence-corrected chi connectivity index (χ4v) is 2.76.